The van der Waals surface area contributed by atoms with E-state index in [1.54, 1.807) is 23.5 Å². The predicted molar refractivity (Wildman–Crippen MR) is 105 cm³/mol. The smallest absolute Gasteiger partial charge is 0.258 e. The summed E-state index contributed by atoms with van der Waals surface area (Å²) in [7, 11) is 0. The van der Waals surface area contributed by atoms with Gasteiger partial charge in [0.05, 0.1) is 15.5 Å². The number of thiophene rings is 2. The Bertz CT molecular complexity index is 1090. The molecule has 0 unspecified atom stereocenters. The van der Waals surface area contributed by atoms with Crippen LogP contribution in [0.25, 0.3) is 20.5 Å². The van der Waals surface area contributed by atoms with Crippen molar-refractivity contribution in [2.75, 3.05) is 0 Å². The van der Waals surface area contributed by atoms with E-state index in [0.717, 1.165) is 31.1 Å². The normalized spacial score (nSPS) is 11.4. The zero-order chi connectivity index (χ0) is 17.2. The van der Waals surface area contributed by atoms with E-state index in [1.165, 1.54) is 11.3 Å². The third kappa shape index (κ3) is 3.22. The molecule has 0 bridgehead atoms. The van der Waals surface area contributed by atoms with Gasteiger partial charge in [0, 0.05) is 27.4 Å². The maximum Gasteiger partial charge on any atom is 0.324 e. The Morgan fingerprint density at radius 3 is 2.48 bits per heavy atom. The van der Waals surface area contributed by atoms with E-state index in [1.807, 2.05) is 42.6 Å². The molecule has 0 radical (unpaired) electrons. The fraction of sp³-hybridized carbons (Fsp3) is 0. The Kier molecular flexibility index (Phi) is 4.13. The van der Waals surface area contributed by atoms with Gasteiger partial charge in [-0.05, 0) is 29.7 Å². The Hall–Kier alpha value is -2.83. The lowest BCUT2D eigenvalue weighted by atomic mass is 10.1. The van der Waals surface area contributed by atoms with Crippen LogP contribution in [-0.2, 0) is 0 Å². The van der Waals surface area contributed by atoms with Crippen LogP contribution < -0.4 is 0 Å². The van der Waals surface area contributed by atoms with Gasteiger partial charge >= 0.3 is 5.00 Å². The SMILES string of the molecule is O=[N+]([O-])c1ccc(-c2ccc(C=Nc3cccc4ccccc34)s2)s1. The van der Waals surface area contributed by atoms with E-state index in [-0.39, 0.29) is 9.92 Å². The lowest BCUT2D eigenvalue weighted by Gasteiger charge is -2.00. The summed E-state index contributed by atoms with van der Waals surface area (Å²) in [5.41, 5.74) is 0.930. The Morgan fingerprint density at radius 2 is 1.64 bits per heavy atom. The summed E-state index contributed by atoms with van der Waals surface area (Å²) in [6.45, 7) is 0. The zero-order valence-corrected chi connectivity index (χ0v) is 14.6. The second-order valence-corrected chi connectivity index (χ2v) is 7.53. The molecule has 0 saturated heterocycles. The Balaban J connectivity index is 1.62. The molecule has 0 saturated carbocycles. The first-order valence-electron chi connectivity index (χ1n) is 7.57. The summed E-state index contributed by atoms with van der Waals surface area (Å²) in [5, 5.41) is 13.3. The molecular formula is C19H12N2O2S2. The molecule has 0 aliphatic carbocycles. The molecule has 25 heavy (non-hydrogen) atoms. The second-order valence-electron chi connectivity index (χ2n) is 5.35. The molecule has 0 atom stereocenters. The number of hydrogen-bond acceptors (Lipinski definition) is 5. The van der Waals surface area contributed by atoms with Crippen molar-refractivity contribution in [3.05, 3.63) is 81.7 Å². The number of rotatable bonds is 4. The quantitative estimate of drug-likeness (QED) is 0.243. The maximum absolute atomic E-state index is 10.8. The highest BCUT2D eigenvalue weighted by Crippen LogP contribution is 2.36. The summed E-state index contributed by atoms with van der Waals surface area (Å²) in [6, 6.07) is 21.5. The lowest BCUT2D eigenvalue weighted by molar-refractivity contribution is -0.380. The number of fused-ring (bicyclic) bond motifs is 1. The highest BCUT2D eigenvalue weighted by atomic mass is 32.1. The molecule has 0 aliphatic rings. The molecule has 2 aromatic carbocycles. The monoisotopic (exact) mass is 364 g/mol. The lowest BCUT2D eigenvalue weighted by Crippen LogP contribution is -1.80. The van der Waals surface area contributed by atoms with Crippen LogP contribution >= 0.6 is 22.7 Å². The maximum atomic E-state index is 10.8. The first-order valence-corrected chi connectivity index (χ1v) is 9.20. The van der Waals surface area contributed by atoms with Gasteiger partial charge in [0.25, 0.3) is 0 Å². The molecule has 0 amide bonds. The number of nitro groups is 1. The highest BCUT2D eigenvalue weighted by molar-refractivity contribution is 7.24. The first kappa shape index (κ1) is 15.7. The van der Waals surface area contributed by atoms with Crippen molar-refractivity contribution < 1.29 is 4.92 Å². The summed E-state index contributed by atoms with van der Waals surface area (Å²) in [5.74, 6) is 0. The minimum absolute atomic E-state index is 0.161. The average Bonchev–Trinajstić information content (AvgIpc) is 3.29. The van der Waals surface area contributed by atoms with Gasteiger partial charge in [0.2, 0.25) is 0 Å². The van der Waals surface area contributed by atoms with Gasteiger partial charge in [-0.3, -0.25) is 15.1 Å². The van der Waals surface area contributed by atoms with E-state index in [2.05, 4.69) is 23.2 Å². The average molecular weight is 364 g/mol. The van der Waals surface area contributed by atoms with Gasteiger partial charge < -0.3 is 0 Å². The molecule has 2 aromatic heterocycles. The molecule has 0 aliphatic heterocycles. The number of nitrogens with zero attached hydrogens (tertiary/aromatic N) is 2. The van der Waals surface area contributed by atoms with Crippen molar-refractivity contribution in [2.24, 2.45) is 4.99 Å². The zero-order valence-electron chi connectivity index (χ0n) is 13.0. The van der Waals surface area contributed by atoms with Gasteiger partial charge in [-0.25, -0.2) is 0 Å². The molecule has 4 aromatic rings. The largest absolute Gasteiger partial charge is 0.324 e. The molecule has 0 N–H and O–H groups in total. The van der Waals surface area contributed by atoms with E-state index in [4.69, 9.17) is 0 Å². The van der Waals surface area contributed by atoms with E-state index < -0.39 is 0 Å². The third-order valence-corrected chi connectivity index (χ3v) is 5.99. The van der Waals surface area contributed by atoms with Crippen LogP contribution in [0.15, 0.2) is 71.7 Å². The van der Waals surface area contributed by atoms with Crippen molar-refractivity contribution in [1.82, 2.24) is 0 Å². The first-order chi connectivity index (χ1) is 12.2. The van der Waals surface area contributed by atoms with Crippen LogP contribution in [0.3, 0.4) is 0 Å². The fourth-order valence-corrected chi connectivity index (χ4v) is 4.36. The minimum atomic E-state index is -0.356. The number of benzene rings is 2. The van der Waals surface area contributed by atoms with Crippen molar-refractivity contribution >= 4 is 50.3 Å². The van der Waals surface area contributed by atoms with Crippen molar-refractivity contribution in [3.8, 4) is 9.75 Å². The predicted octanol–water partition coefficient (Wildman–Crippen LogP) is 6.29. The highest BCUT2D eigenvalue weighted by Gasteiger charge is 2.12. The van der Waals surface area contributed by atoms with Crippen molar-refractivity contribution in [2.45, 2.75) is 0 Å². The fourth-order valence-electron chi connectivity index (χ4n) is 2.57. The molecule has 2 heterocycles. The van der Waals surface area contributed by atoms with E-state index >= 15 is 0 Å². The van der Waals surface area contributed by atoms with Crippen LogP contribution in [0.4, 0.5) is 10.7 Å². The summed E-state index contributed by atoms with van der Waals surface area (Å²) in [4.78, 5) is 18.0. The summed E-state index contributed by atoms with van der Waals surface area (Å²) < 4.78 is 0. The molecule has 0 fully saturated rings. The second kappa shape index (κ2) is 6.58. The van der Waals surface area contributed by atoms with E-state index in [9.17, 15) is 10.1 Å². The Morgan fingerprint density at radius 1 is 0.880 bits per heavy atom. The van der Waals surface area contributed by atoms with Gasteiger partial charge in [-0.2, -0.15) is 0 Å². The standard InChI is InChI=1S/C19H12N2O2S2/c22-21(23)19-11-10-18(25-19)17-9-8-14(24-17)12-20-16-7-3-5-13-4-1-2-6-15(13)16/h1-12H. The molecule has 4 rings (SSSR count). The van der Waals surface area contributed by atoms with Crippen molar-refractivity contribution in [1.29, 1.82) is 0 Å². The van der Waals surface area contributed by atoms with Crippen molar-refractivity contribution in [3.63, 3.8) is 0 Å². The molecule has 0 spiro atoms. The van der Waals surface area contributed by atoms with E-state index in [0.29, 0.717) is 0 Å². The van der Waals surface area contributed by atoms with Gasteiger partial charge in [-0.15, -0.1) is 11.3 Å². The molecule has 6 heteroatoms. The number of hydrogen-bond donors (Lipinski definition) is 0. The topological polar surface area (TPSA) is 55.5 Å². The van der Waals surface area contributed by atoms with Crippen LogP contribution in [0, 0.1) is 10.1 Å². The van der Waals surface area contributed by atoms with Crippen LogP contribution in [0.2, 0.25) is 0 Å². The van der Waals surface area contributed by atoms with Crippen LogP contribution in [-0.4, -0.2) is 11.1 Å². The Labute approximate surface area is 151 Å². The summed E-state index contributed by atoms with van der Waals surface area (Å²) >= 11 is 2.76. The van der Waals surface area contributed by atoms with Gasteiger partial charge in [0.15, 0.2) is 0 Å². The number of aliphatic imine (C=N–C) groups is 1. The molecule has 122 valence electrons. The minimum Gasteiger partial charge on any atom is -0.258 e. The van der Waals surface area contributed by atoms with Gasteiger partial charge in [-0.1, -0.05) is 47.7 Å². The summed E-state index contributed by atoms with van der Waals surface area (Å²) in [6.07, 6.45) is 1.85. The van der Waals surface area contributed by atoms with Crippen LogP contribution in [0.5, 0.6) is 0 Å². The van der Waals surface area contributed by atoms with Crippen LogP contribution in [0.1, 0.15) is 4.88 Å². The van der Waals surface area contributed by atoms with Gasteiger partial charge in [0.1, 0.15) is 0 Å². The third-order valence-electron chi connectivity index (χ3n) is 3.74. The molecular weight excluding hydrogens is 352 g/mol. The molecule has 4 nitrogen and oxygen atoms in total.